The van der Waals surface area contributed by atoms with E-state index in [1.807, 2.05) is 32.0 Å². The molecule has 0 unspecified atom stereocenters. The van der Waals surface area contributed by atoms with E-state index in [2.05, 4.69) is 48.0 Å². The summed E-state index contributed by atoms with van der Waals surface area (Å²) in [7, 11) is 0. The Bertz CT molecular complexity index is 814. The van der Waals surface area contributed by atoms with Crippen molar-refractivity contribution in [1.29, 1.82) is 0 Å². The first-order valence-corrected chi connectivity index (χ1v) is 10.7. The first-order chi connectivity index (χ1) is 14.4. The summed E-state index contributed by atoms with van der Waals surface area (Å²) in [5.41, 5.74) is 3.98. The number of amides is 3. The third-order valence-corrected chi connectivity index (χ3v) is 5.09. The predicted molar refractivity (Wildman–Crippen MR) is 120 cm³/mol. The molecule has 162 valence electrons. The standard InChI is InChI=1S/C24H34N4O2/c1-5-28(6-2)17-22-10-8-7-9-21(22)16-25-23(29)20-13-11-19(12-14-20)15-26-24(30)27-18(3)4/h7-14,18H,5-6,15-17H2,1-4H3,(H,25,29)(H2,26,27,30)/p+1. The van der Waals surface area contributed by atoms with Crippen molar-refractivity contribution in [1.82, 2.24) is 16.0 Å². The normalized spacial score (nSPS) is 10.9. The number of hydrogen-bond donors (Lipinski definition) is 4. The second-order valence-electron chi connectivity index (χ2n) is 7.76. The smallest absolute Gasteiger partial charge is 0.315 e. The molecule has 0 heterocycles. The molecule has 0 aliphatic rings. The van der Waals surface area contributed by atoms with E-state index in [0.29, 0.717) is 18.7 Å². The first-order valence-electron chi connectivity index (χ1n) is 10.7. The zero-order valence-electron chi connectivity index (χ0n) is 18.5. The summed E-state index contributed by atoms with van der Waals surface area (Å²) in [5, 5.41) is 8.62. The van der Waals surface area contributed by atoms with E-state index in [1.54, 1.807) is 12.1 Å². The van der Waals surface area contributed by atoms with Crippen LogP contribution in [0.2, 0.25) is 0 Å². The van der Waals surface area contributed by atoms with Crippen molar-refractivity contribution in [2.75, 3.05) is 13.1 Å². The third kappa shape index (κ3) is 7.52. The average Bonchev–Trinajstić information content (AvgIpc) is 2.75. The largest absolute Gasteiger partial charge is 0.348 e. The molecular formula is C24H35N4O2+. The van der Waals surface area contributed by atoms with Crippen LogP contribution in [0.25, 0.3) is 0 Å². The maximum atomic E-state index is 12.6. The fourth-order valence-corrected chi connectivity index (χ4v) is 3.22. The summed E-state index contributed by atoms with van der Waals surface area (Å²) >= 11 is 0. The van der Waals surface area contributed by atoms with Crippen LogP contribution in [0.3, 0.4) is 0 Å². The second kappa shape index (κ2) is 12.0. The fourth-order valence-electron chi connectivity index (χ4n) is 3.22. The molecule has 0 spiro atoms. The van der Waals surface area contributed by atoms with Crippen molar-refractivity contribution in [3.05, 3.63) is 70.8 Å². The highest BCUT2D eigenvalue weighted by Crippen LogP contribution is 2.09. The Kier molecular flexibility index (Phi) is 9.35. The number of carbonyl (C=O) groups excluding carboxylic acids is 2. The van der Waals surface area contributed by atoms with Crippen LogP contribution < -0.4 is 20.9 Å². The summed E-state index contributed by atoms with van der Waals surface area (Å²) in [6.45, 7) is 12.3. The predicted octanol–water partition coefficient (Wildman–Crippen LogP) is 2.25. The maximum absolute atomic E-state index is 12.6. The molecule has 0 bridgehead atoms. The van der Waals surface area contributed by atoms with E-state index >= 15 is 0 Å². The van der Waals surface area contributed by atoms with E-state index in [1.165, 1.54) is 10.5 Å². The molecule has 2 aromatic carbocycles. The van der Waals surface area contributed by atoms with Crippen LogP contribution >= 0.6 is 0 Å². The minimum absolute atomic E-state index is 0.0922. The van der Waals surface area contributed by atoms with Crippen molar-refractivity contribution in [3.63, 3.8) is 0 Å². The SMILES string of the molecule is CC[NH+](CC)Cc1ccccc1CNC(=O)c1ccc(CNC(=O)NC(C)C)cc1. The summed E-state index contributed by atoms with van der Waals surface area (Å²) in [6.07, 6.45) is 0. The number of rotatable bonds is 10. The molecule has 0 aliphatic carbocycles. The highest BCUT2D eigenvalue weighted by Gasteiger charge is 2.11. The van der Waals surface area contributed by atoms with Crippen LogP contribution in [0.4, 0.5) is 4.79 Å². The van der Waals surface area contributed by atoms with Crippen LogP contribution in [-0.2, 0) is 19.6 Å². The average molecular weight is 412 g/mol. The second-order valence-corrected chi connectivity index (χ2v) is 7.76. The molecule has 6 heteroatoms. The van der Waals surface area contributed by atoms with E-state index in [9.17, 15) is 9.59 Å². The van der Waals surface area contributed by atoms with Gasteiger partial charge in [-0.05, 0) is 51.0 Å². The van der Waals surface area contributed by atoms with E-state index in [4.69, 9.17) is 0 Å². The molecule has 0 fully saturated rings. The highest BCUT2D eigenvalue weighted by atomic mass is 16.2. The Morgan fingerprint density at radius 3 is 2.10 bits per heavy atom. The summed E-state index contributed by atoms with van der Waals surface area (Å²) in [4.78, 5) is 25.7. The molecule has 6 nitrogen and oxygen atoms in total. The Hall–Kier alpha value is -2.86. The molecule has 0 aliphatic heterocycles. The van der Waals surface area contributed by atoms with Crippen molar-refractivity contribution in [3.8, 4) is 0 Å². The van der Waals surface area contributed by atoms with Crippen molar-refractivity contribution >= 4 is 11.9 Å². The van der Waals surface area contributed by atoms with Gasteiger partial charge in [-0.15, -0.1) is 0 Å². The van der Waals surface area contributed by atoms with Crippen LogP contribution in [0.5, 0.6) is 0 Å². The van der Waals surface area contributed by atoms with Gasteiger partial charge in [0.1, 0.15) is 6.54 Å². The van der Waals surface area contributed by atoms with Gasteiger partial charge in [0.2, 0.25) is 0 Å². The molecule has 2 aromatic rings. The lowest BCUT2D eigenvalue weighted by Gasteiger charge is -2.18. The number of quaternary nitrogens is 1. The first kappa shape index (κ1) is 23.4. The number of carbonyl (C=O) groups is 2. The van der Waals surface area contributed by atoms with E-state index < -0.39 is 0 Å². The van der Waals surface area contributed by atoms with Crippen LogP contribution in [0, 0.1) is 0 Å². The molecule has 4 N–H and O–H groups in total. The number of nitrogens with one attached hydrogen (secondary N) is 4. The van der Waals surface area contributed by atoms with Crippen molar-refractivity contribution in [2.24, 2.45) is 0 Å². The van der Waals surface area contributed by atoms with Crippen LogP contribution in [0.15, 0.2) is 48.5 Å². The molecule has 0 radical (unpaired) electrons. The Morgan fingerprint density at radius 1 is 0.867 bits per heavy atom. The van der Waals surface area contributed by atoms with Crippen LogP contribution in [0.1, 0.15) is 54.7 Å². The van der Waals surface area contributed by atoms with Gasteiger partial charge in [-0.2, -0.15) is 0 Å². The lowest BCUT2D eigenvalue weighted by atomic mass is 10.1. The van der Waals surface area contributed by atoms with E-state index in [-0.39, 0.29) is 18.0 Å². The zero-order chi connectivity index (χ0) is 21.9. The Morgan fingerprint density at radius 2 is 1.50 bits per heavy atom. The van der Waals surface area contributed by atoms with Gasteiger partial charge < -0.3 is 20.9 Å². The molecule has 0 saturated carbocycles. The lowest BCUT2D eigenvalue weighted by Crippen LogP contribution is -3.10. The number of urea groups is 1. The third-order valence-electron chi connectivity index (χ3n) is 5.09. The molecular weight excluding hydrogens is 376 g/mol. The number of benzene rings is 2. The molecule has 30 heavy (non-hydrogen) atoms. The highest BCUT2D eigenvalue weighted by molar-refractivity contribution is 5.94. The fraction of sp³-hybridized carbons (Fsp3) is 0.417. The Balaban J connectivity index is 1.90. The van der Waals surface area contributed by atoms with Gasteiger partial charge >= 0.3 is 6.03 Å². The van der Waals surface area contributed by atoms with Gasteiger partial charge in [0.05, 0.1) is 13.1 Å². The molecule has 0 saturated heterocycles. The molecule has 2 rings (SSSR count). The van der Waals surface area contributed by atoms with Crippen molar-refractivity contribution in [2.45, 2.75) is 53.4 Å². The molecule has 0 aromatic heterocycles. The number of hydrogen-bond acceptors (Lipinski definition) is 2. The summed E-state index contributed by atoms with van der Waals surface area (Å²) in [5.74, 6) is -0.1000. The van der Waals surface area contributed by atoms with Crippen molar-refractivity contribution < 1.29 is 14.5 Å². The van der Waals surface area contributed by atoms with Gasteiger partial charge in [-0.1, -0.05) is 36.4 Å². The summed E-state index contributed by atoms with van der Waals surface area (Å²) in [6, 6.07) is 15.5. The van der Waals surface area contributed by atoms with Gasteiger partial charge in [0.25, 0.3) is 5.91 Å². The molecule has 0 atom stereocenters. The molecule has 3 amide bonds. The minimum Gasteiger partial charge on any atom is -0.348 e. The quantitative estimate of drug-likeness (QED) is 0.484. The monoisotopic (exact) mass is 411 g/mol. The van der Waals surface area contributed by atoms with Gasteiger partial charge in [0, 0.05) is 30.3 Å². The van der Waals surface area contributed by atoms with E-state index in [0.717, 1.165) is 30.8 Å². The minimum atomic E-state index is -0.197. The van der Waals surface area contributed by atoms with Gasteiger partial charge in [-0.25, -0.2) is 4.79 Å². The Labute approximate surface area is 180 Å². The summed E-state index contributed by atoms with van der Waals surface area (Å²) < 4.78 is 0. The van der Waals surface area contributed by atoms with Crippen LogP contribution in [-0.4, -0.2) is 31.1 Å². The van der Waals surface area contributed by atoms with Gasteiger partial charge in [0.15, 0.2) is 0 Å². The zero-order valence-corrected chi connectivity index (χ0v) is 18.5. The topological polar surface area (TPSA) is 74.7 Å². The lowest BCUT2D eigenvalue weighted by molar-refractivity contribution is -0.910. The van der Waals surface area contributed by atoms with Gasteiger partial charge in [-0.3, -0.25) is 4.79 Å². The maximum Gasteiger partial charge on any atom is 0.315 e.